The molecule has 0 N–H and O–H groups in total. The molecule has 5 nitrogen and oxygen atoms in total. The summed E-state index contributed by atoms with van der Waals surface area (Å²) in [4.78, 5) is 29.3. The molecule has 4 rings (SSSR count). The first-order valence-electron chi connectivity index (χ1n) is 9.53. The number of nitrogens with zero attached hydrogens (tertiary/aromatic N) is 2. The van der Waals surface area contributed by atoms with Crippen LogP contribution in [0, 0.1) is 0 Å². The fourth-order valence-electron chi connectivity index (χ4n) is 4.17. The molecule has 0 saturated heterocycles. The van der Waals surface area contributed by atoms with Gasteiger partial charge in [0, 0.05) is 25.0 Å². The first-order chi connectivity index (χ1) is 12.1. The van der Waals surface area contributed by atoms with Crippen LogP contribution in [-0.2, 0) is 9.59 Å². The van der Waals surface area contributed by atoms with Crippen molar-refractivity contribution in [1.82, 2.24) is 4.90 Å². The minimum Gasteiger partial charge on any atom is -0.479 e. The average Bonchev–Trinajstić information content (AvgIpc) is 3.29. The molecule has 0 radical (unpaired) electrons. The summed E-state index contributed by atoms with van der Waals surface area (Å²) >= 11 is 0. The second-order valence-electron chi connectivity index (χ2n) is 7.44. The summed E-state index contributed by atoms with van der Waals surface area (Å²) in [5.41, 5.74) is 0.775. The molecule has 1 atom stereocenters. The molecule has 2 fully saturated rings. The molecule has 1 aromatic rings. The second-order valence-corrected chi connectivity index (χ2v) is 7.44. The molecule has 1 aliphatic heterocycles. The predicted octanol–water partition coefficient (Wildman–Crippen LogP) is 3.12. The summed E-state index contributed by atoms with van der Waals surface area (Å²) in [5.74, 6) is 0.862. The van der Waals surface area contributed by atoms with E-state index in [1.54, 1.807) is 11.8 Å². The van der Waals surface area contributed by atoms with E-state index in [4.69, 9.17) is 4.74 Å². The number of anilines is 1. The molecule has 0 bridgehead atoms. The Morgan fingerprint density at radius 2 is 1.84 bits per heavy atom. The van der Waals surface area contributed by atoms with Crippen molar-refractivity contribution in [2.75, 3.05) is 11.4 Å². The van der Waals surface area contributed by atoms with Gasteiger partial charge in [-0.2, -0.15) is 0 Å². The highest BCUT2D eigenvalue weighted by atomic mass is 16.5. The van der Waals surface area contributed by atoms with Crippen LogP contribution >= 0.6 is 0 Å². The minimum atomic E-state index is -0.501. The van der Waals surface area contributed by atoms with Crippen molar-refractivity contribution in [3.8, 4) is 5.75 Å². The van der Waals surface area contributed by atoms with E-state index >= 15 is 0 Å². The zero-order valence-electron chi connectivity index (χ0n) is 14.8. The second kappa shape index (κ2) is 6.70. The highest BCUT2D eigenvalue weighted by molar-refractivity contribution is 6.00. The summed E-state index contributed by atoms with van der Waals surface area (Å²) in [6.07, 6.45) is 6.90. The van der Waals surface area contributed by atoms with Gasteiger partial charge in [0.05, 0.1) is 5.69 Å². The zero-order chi connectivity index (χ0) is 17.4. The molecule has 3 aliphatic rings. The third-order valence-electron chi connectivity index (χ3n) is 5.57. The number of carbonyl (C=O) groups is 2. The maximum atomic E-state index is 12.9. The number of carbonyl (C=O) groups excluding carboxylic acids is 2. The Bertz CT molecular complexity index is 665. The topological polar surface area (TPSA) is 49.9 Å². The van der Waals surface area contributed by atoms with Crippen molar-refractivity contribution in [2.45, 2.75) is 70.1 Å². The Morgan fingerprint density at radius 3 is 2.56 bits per heavy atom. The van der Waals surface area contributed by atoms with Gasteiger partial charge >= 0.3 is 0 Å². The number of fused-ring (bicyclic) bond motifs is 1. The number of benzene rings is 1. The van der Waals surface area contributed by atoms with Gasteiger partial charge in [-0.25, -0.2) is 0 Å². The molecule has 2 amide bonds. The summed E-state index contributed by atoms with van der Waals surface area (Å²) in [7, 11) is 0. The van der Waals surface area contributed by atoms with E-state index in [0.29, 0.717) is 25.0 Å². The van der Waals surface area contributed by atoms with Gasteiger partial charge in [-0.05, 0) is 44.7 Å². The fraction of sp³-hybridized carbons (Fsp3) is 0.600. The Kier molecular flexibility index (Phi) is 4.40. The molecular formula is C20H26N2O3. The average molecular weight is 342 g/mol. The third kappa shape index (κ3) is 3.24. The molecule has 1 heterocycles. The normalized spacial score (nSPS) is 23.3. The molecule has 5 heteroatoms. The van der Waals surface area contributed by atoms with Crippen LogP contribution in [0.4, 0.5) is 5.69 Å². The fourth-order valence-corrected chi connectivity index (χ4v) is 4.17. The number of hydrogen-bond acceptors (Lipinski definition) is 3. The summed E-state index contributed by atoms with van der Waals surface area (Å²) in [6.45, 7) is 2.19. The third-order valence-corrected chi connectivity index (χ3v) is 5.57. The van der Waals surface area contributed by atoms with Gasteiger partial charge in [0.2, 0.25) is 5.91 Å². The highest BCUT2D eigenvalue weighted by Crippen LogP contribution is 2.36. The van der Waals surface area contributed by atoms with Crippen LogP contribution in [0.1, 0.15) is 51.9 Å². The smallest absolute Gasteiger partial charge is 0.267 e. The van der Waals surface area contributed by atoms with Gasteiger partial charge in [-0.3, -0.25) is 9.59 Å². The SMILES string of the molecule is CC1Oc2ccccc2N(CCC(=O)N(C2CCCC2)C2CC2)C1=O. The zero-order valence-corrected chi connectivity index (χ0v) is 14.8. The van der Waals surface area contributed by atoms with Gasteiger partial charge < -0.3 is 14.5 Å². The predicted molar refractivity (Wildman–Crippen MR) is 95.6 cm³/mol. The van der Waals surface area contributed by atoms with Crippen molar-refractivity contribution in [3.05, 3.63) is 24.3 Å². The van der Waals surface area contributed by atoms with Crippen molar-refractivity contribution in [2.24, 2.45) is 0 Å². The lowest BCUT2D eigenvalue weighted by atomic mass is 10.1. The lowest BCUT2D eigenvalue weighted by molar-refractivity contribution is -0.134. The van der Waals surface area contributed by atoms with E-state index in [2.05, 4.69) is 4.90 Å². The van der Waals surface area contributed by atoms with Crippen molar-refractivity contribution in [3.63, 3.8) is 0 Å². The van der Waals surface area contributed by atoms with E-state index in [0.717, 1.165) is 37.1 Å². The van der Waals surface area contributed by atoms with Gasteiger partial charge in [-0.1, -0.05) is 25.0 Å². The highest BCUT2D eigenvalue weighted by Gasteiger charge is 2.39. The Labute approximate surface area is 148 Å². The maximum Gasteiger partial charge on any atom is 0.267 e. The van der Waals surface area contributed by atoms with Crippen molar-refractivity contribution >= 4 is 17.5 Å². The van der Waals surface area contributed by atoms with Crippen molar-refractivity contribution < 1.29 is 14.3 Å². The minimum absolute atomic E-state index is 0.0645. The first kappa shape index (κ1) is 16.4. The summed E-state index contributed by atoms with van der Waals surface area (Å²) < 4.78 is 5.67. The lowest BCUT2D eigenvalue weighted by Crippen LogP contribution is -2.47. The molecule has 2 aliphatic carbocycles. The van der Waals surface area contributed by atoms with Crippen LogP contribution in [0.25, 0.3) is 0 Å². The van der Waals surface area contributed by atoms with E-state index in [-0.39, 0.29) is 11.8 Å². The van der Waals surface area contributed by atoms with Crippen LogP contribution in [0.3, 0.4) is 0 Å². The maximum absolute atomic E-state index is 12.9. The van der Waals surface area contributed by atoms with Gasteiger partial charge in [0.25, 0.3) is 5.91 Å². The number of amides is 2. The van der Waals surface area contributed by atoms with Crippen molar-refractivity contribution in [1.29, 1.82) is 0 Å². The first-order valence-corrected chi connectivity index (χ1v) is 9.53. The Balaban J connectivity index is 1.46. The standard InChI is InChI=1S/C20H26N2O3/c1-14-20(24)21(17-8-4-5-9-18(17)25-14)13-12-19(23)22(16-10-11-16)15-6-2-3-7-15/h4-5,8-9,14-16H,2-3,6-7,10-13H2,1H3. The number of hydrogen-bond donors (Lipinski definition) is 0. The summed E-state index contributed by atoms with van der Waals surface area (Å²) in [5, 5.41) is 0. The molecule has 0 aromatic heterocycles. The van der Waals surface area contributed by atoms with Crippen LogP contribution in [-0.4, -0.2) is 41.4 Å². The monoisotopic (exact) mass is 342 g/mol. The van der Waals surface area contributed by atoms with Crippen LogP contribution in [0.15, 0.2) is 24.3 Å². The molecule has 2 saturated carbocycles. The van der Waals surface area contributed by atoms with E-state index in [9.17, 15) is 9.59 Å². The van der Waals surface area contributed by atoms with Crippen LogP contribution in [0.2, 0.25) is 0 Å². The van der Waals surface area contributed by atoms with Crippen LogP contribution in [0.5, 0.6) is 5.75 Å². The number of rotatable bonds is 5. The molecular weight excluding hydrogens is 316 g/mol. The van der Waals surface area contributed by atoms with E-state index < -0.39 is 6.10 Å². The van der Waals surface area contributed by atoms with E-state index in [1.807, 2.05) is 24.3 Å². The number of ether oxygens (including phenoxy) is 1. The Hall–Kier alpha value is -2.04. The van der Waals surface area contributed by atoms with E-state index in [1.165, 1.54) is 12.8 Å². The molecule has 25 heavy (non-hydrogen) atoms. The van der Waals surface area contributed by atoms with Gasteiger partial charge in [0.1, 0.15) is 5.75 Å². The summed E-state index contributed by atoms with van der Waals surface area (Å²) in [6, 6.07) is 8.43. The quantitative estimate of drug-likeness (QED) is 0.826. The molecule has 1 aromatic carbocycles. The largest absolute Gasteiger partial charge is 0.479 e. The van der Waals surface area contributed by atoms with Gasteiger partial charge in [0.15, 0.2) is 6.10 Å². The lowest BCUT2D eigenvalue weighted by Gasteiger charge is -2.34. The molecule has 1 unspecified atom stereocenters. The van der Waals surface area contributed by atoms with Gasteiger partial charge in [-0.15, -0.1) is 0 Å². The molecule has 0 spiro atoms. The molecule has 134 valence electrons. The van der Waals surface area contributed by atoms with Crippen LogP contribution < -0.4 is 9.64 Å². The Morgan fingerprint density at radius 1 is 1.16 bits per heavy atom. The number of para-hydroxylation sites is 2.